The van der Waals surface area contributed by atoms with Gasteiger partial charge in [-0.2, -0.15) is 0 Å². The molecule has 0 bridgehead atoms. The van der Waals surface area contributed by atoms with E-state index in [1.54, 1.807) is 0 Å². The molecular weight excluding hydrogens is 240 g/mol. The molecular formula is C11H20N2O3S. The van der Waals surface area contributed by atoms with Crippen molar-refractivity contribution in [1.82, 2.24) is 10.6 Å². The summed E-state index contributed by atoms with van der Waals surface area (Å²) in [6.45, 7) is 1.93. The number of carbonyl (C=O) groups is 1. The summed E-state index contributed by atoms with van der Waals surface area (Å²) in [5, 5.41) is 6.28. The molecule has 2 unspecified atom stereocenters. The van der Waals surface area contributed by atoms with Gasteiger partial charge in [0.1, 0.15) is 0 Å². The molecule has 2 atom stereocenters. The fraction of sp³-hybridized carbons (Fsp3) is 0.909. The van der Waals surface area contributed by atoms with E-state index in [0.717, 1.165) is 32.4 Å². The summed E-state index contributed by atoms with van der Waals surface area (Å²) in [6.07, 6.45) is 3.47. The minimum atomic E-state index is -2.96. The first-order valence-electron chi connectivity index (χ1n) is 6.28. The number of sulfone groups is 1. The second-order valence-electron chi connectivity index (χ2n) is 4.99. The molecule has 0 saturated carbocycles. The molecule has 0 spiro atoms. The third kappa shape index (κ3) is 3.67. The first-order valence-corrected chi connectivity index (χ1v) is 8.10. The third-order valence-electron chi connectivity index (χ3n) is 3.53. The number of carbonyl (C=O) groups excluding carboxylic acids is 1. The van der Waals surface area contributed by atoms with Gasteiger partial charge in [-0.05, 0) is 38.8 Å². The molecule has 0 aromatic heterocycles. The van der Waals surface area contributed by atoms with Crippen molar-refractivity contribution < 1.29 is 13.2 Å². The Bertz CT molecular complexity index is 372. The highest BCUT2D eigenvalue weighted by Gasteiger charge is 2.33. The van der Waals surface area contributed by atoms with Crippen LogP contribution in [-0.4, -0.2) is 45.0 Å². The van der Waals surface area contributed by atoms with Gasteiger partial charge in [0.15, 0.2) is 9.84 Å². The quantitative estimate of drug-likeness (QED) is 0.713. The van der Waals surface area contributed by atoms with Crippen LogP contribution in [0.5, 0.6) is 0 Å². The number of nitrogens with one attached hydrogen (secondary N) is 2. The molecule has 2 rings (SSSR count). The molecule has 2 saturated heterocycles. The second kappa shape index (κ2) is 5.35. The maximum Gasteiger partial charge on any atom is 0.224 e. The Hall–Kier alpha value is -0.620. The number of rotatable bonds is 2. The minimum Gasteiger partial charge on any atom is -0.353 e. The van der Waals surface area contributed by atoms with E-state index < -0.39 is 9.84 Å². The Morgan fingerprint density at radius 2 is 2.00 bits per heavy atom. The average Bonchev–Trinajstić information content (AvgIpc) is 2.50. The smallest absolute Gasteiger partial charge is 0.224 e. The molecule has 0 aliphatic carbocycles. The summed E-state index contributed by atoms with van der Waals surface area (Å²) in [6, 6.07) is 0.209. The van der Waals surface area contributed by atoms with Gasteiger partial charge < -0.3 is 10.6 Å². The predicted molar refractivity (Wildman–Crippen MR) is 65.4 cm³/mol. The van der Waals surface area contributed by atoms with E-state index in [-0.39, 0.29) is 29.4 Å². The van der Waals surface area contributed by atoms with E-state index in [0.29, 0.717) is 6.42 Å². The van der Waals surface area contributed by atoms with Gasteiger partial charge in [0.2, 0.25) is 5.91 Å². The summed E-state index contributed by atoms with van der Waals surface area (Å²) >= 11 is 0. The number of amides is 1. The van der Waals surface area contributed by atoms with Crippen molar-refractivity contribution in [3.63, 3.8) is 0 Å². The Balaban J connectivity index is 1.84. The van der Waals surface area contributed by atoms with Crippen LogP contribution in [0.3, 0.4) is 0 Å². The summed E-state index contributed by atoms with van der Waals surface area (Å²) in [5.74, 6) is -0.199. The molecule has 0 radical (unpaired) electrons. The number of hydrogen-bond acceptors (Lipinski definition) is 4. The Morgan fingerprint density at radius 3 is 2.71 bits per heavy atom. The fourth-order valence-electron chi connectivity index (χ4n) is 2.48. The van der Waals surface area contributed by atoms with Crippen LogP contribution in [0.15, 0.2) is 0 Å². The lowest BCUT2D eigenvalue weighted by atomic mass is 10.1. The highest BCUT2D eigenvalue weighted by atomic mass is 32.2. The van der Waals surface area contributed by atoms with Gasteiger partial charge in [-0.15, -0.1) is 0 Å². The molecule has 2 N–H and O–H groups in total. The van der Waals surface area contributed by atoms with Gasteiger partial charge >= 0.3 is 0 Å². The van der Waals surface area contributed by atoms with Crippen LogP contribution in [0.25, 0.3) is 0 Å². The molecule has 2 aliphatic rings. The zero-order valence-electron chi connectivity index (χ0n) is 9.94. The fourth-order valence-corrected chi connectivity index (χ4v) is 4.23. The first-order chi connectivity index (χ1) is 8.07. The van der Waals surface area contributed by atoms with Crippen LogP contribution in [0.1, 0.15) is 25.7 Å². The van der Waals surface area contributed by atoms with Crippen molar-refractivity contribution in [2.45, 2.75) is 31.7 Å². The molecule has 17 heavy (non-hydrogen) atoms. The monoisotopic (exact) mass is 260 g/mol. The Morgan fingerprint density at radius 1 is 1.18 bits per heavy atom. The average molecular weight is 260 g/mol. The molecule has 0 aromatic rings. The van der Waals surface area contributed by atoms with Gasteiger partial charge in [-0.1, -0.05) is 0 Å². The van der Waals surface area contributed by atoms with E-state index in [2.05, 4.69) is 10.6 Å². The van der Waals surface area contributed by atoms with E-state index in [9.17, 15) is 13.2 Å². The lowest BCUT2D eigenvalue weighted by Gasteiger charge is -2.18. The summed E-state index contributed by atoms with van der Waals surface area (Å²) < 4.78 is 22.6. The molecule has 2 heterocycles. The van der Waals surface area contributed by atoms with Crippen molar-refractivity contribution in [3.8, 4) is 0 Å². The van der Waals surface area contributed by atoms with Gasteiger partial charge in [0.05, 0.1) is 17.4 Å². The van der Waals surface area contributed by atoms with Crippen molar-refractivity contribution in [3.05, 3.63) is 0 Å². The topological polar surface area (TPSA) is 75.3 Å². The van der Waals surface area contributed by atoms with E-state index in [1.165, 1.54) is 0 Å². The van der Waals surface area contributed by atoms with E-state index >= 15 is 0 Å². The number of hydrogen-bond donors (Lipinski definition) is 2. The summed E-state index contributed by atoms with van der Waals surface area (Å²) in [5.41, 5.74) is 0. The zero-order valence-corrected chi connectivity index (χ0v) is 10.8. The maximum absolute atomic E-state index is 11.9. The standard InChI is InChI=1S/C11H20N2O3S/c14-11(9-4-7-17(15,16)8-9)13-10-2-1-5-12-6-3-10/h9-10,12H,1-8H2,(H,13,14). The van der Waals surface area contributed by atoms with Crippen molar-refractivity contribution in [1.29, 1.82) is 0 Å². The third-order valence-corrected chi connectivity index (χ3v) is 5.29. The largest absolute Gasteiger partial charge is 0.353 e. The van der Waals surface area contributed by atoms with Crippen molar-refractivity contribution in [2.75, 3.05) is 24.6 Å². The maximum atomic E-state index is 11.9. The van der Waals surface area contributed by atoms with Crippen LogP contribution < -0.4 is 10.6 Å². The van der Waals surface area contributed by atoms with Crippen molar-refractivity contribution >= 4 is 15.7 Å². The van der Waals surface area contributed by atoms with Crippen LogP contribution in [0.2, 0.25) is 0 Å². The highest BCUT2D eigenvalue weighted by molar-refractivity contribution is 7.91. The molecule has 0 aromatic carbocycles. The molecule has 2 aliphatic heterocycles. The summed E-state index contributed by atoms with van der Waals surface area (Å²) in [7, 11) is -2.96. The van der Waals surface area contributed by atoms with E-state index in [4.69, 9.17) is 0 Å². The molecule has 98 valence electrons. The van der Waals surface area contributed by atoms with Gasteiger partial charge in [0, 0.05) is 6.04 Å². The Kier molecular flexibility index (Phi) is 4.04. The van der Waals surface area contributed by atoms with Gasteiger partial charge in [-0.25, -0.2) is 8.42 Å². The van der Waals surface area contributed by atoms with Crippen LogP contribution in [-0.2, 0) is 14.6 Å². The van der Waals surface area contributed by atoms with Crippen molar-refractivity contribution in [2.24, 2.45) is 5.92 Å². The molecule has 2 fully saturated rings. The van der Waals surface area contributed by atoms with E-state index in [1.807, 2.05) is 0 Å². The van der Waals surface area contributed by atoms with Crippen LogP contribution in [0.4, 0.5) is 0 Å². The predicted octanol–water partition coefficient (Wildman–Crippen LogP) is -0.321. The molecule has 1 amide bonds. The van der Waals surface area contributed by atoms with Crippen LogP contribution >= 0.6 is 0 Å². The van der Waals surface area contributed by atoms with Gasteiger partial charge in [0.25, 0.3) is 0 Å². The van der Waals surface area contributed by atoms with Gasteiger partial charge in [-0.3, -0.25) is 4.79 Å². The summed E-state index contributed by atoms with van der Waals surface area (Å²) in [4.78, 5) is 11.9. The normalized spacial score (nSPS) is 32.9. The second-order valence-corrected chi connectivity index (χ2v) is 7.22. The highest BCUT2D eigenvalue weighted by Crippen LogP contribution is 2.19. The molecule has 6 heteroatoms. The Labute approximate surface area is 102 Å². The first kappa shape index (κ1) is 12.8. The zero-order chi connectivity index (χ0) is 12.3. The lowest BCUT2D eigenvalue weighted by Crippen LogP contribution is -2.39. The lowest BCUT2D eigenvalue weighted by molar-refractivity contribution is -0.125. The van der Waals surface area contributed by atoms with Crippen LogP contribution in [0, 0.1) is 5.92 Å². The SMILES string of the molecule is O=C(NC1CCCNCC1)C1CCS(=O)(=O)C1. The minimum absolute atomic E-state index is 0.0316. The molecule has 5 nitrogen and oxygen atoms in total.